The highest BCUT2D eigenvalue weighted by atomic mass is 19.4. The molecule has 168 valence electrons. The molecule has 1 aromatic heterocycles. The molecular formula is C22H21F3N4O3. The first-order valence-electron chi connectivity index (χ1n) is 10.0. The second-order valence-corrected chi connectivity index (χ2v) is 7.32. The smallest absolute Gasteiger partial charge is 0.416 e. The fourth-order valence-corrected chi connectivity index (χ4v) is 3.51. The van der Waals surface area contributed by atoms with E-state index in [2.05, 4.69) is 10.2 Å². The molecule has 0 saturated carbocycles. The monoisotopic (exact) mass is 446 g/mol. The number of benzene rings is 2. The molecule has 0 radical (unpaired) electrons. The third kappa shape index (κ3) is 4.84. The summed E-state index contributed by atoms with van der Waals surface area (Å²) in [5, 5.41) is 7.94. The van der Waals surface area contributed by atoms with Gasteiger partial charge in [-0.1, -0.05) is 6.07 Å². The van der Waals surface area contributed by atoms with Crippen molar-refractivity contribution in [2.24, 2.45) is 0 Å². The Balaban J connectivity index is 1.34. The standard InChI is InChI=1S/C22H21F3N4O3/c1-31-18-7-5-15(6-8-18)21-27-26-19(32-21)14-20(30)29-11-9-28(10-12-29)17-4-2-3-16(13-17)22(23,24)25/h2-8,13H,9-12,14H2,1H3. The van der Waals surface area contributed by atoms with E-state index in [0.29, 0.717) is 49.1 Å². The summed E-state index contributed by atoms with van der Waals surface area (Å²) >= 11 is 0. The van der Waals surface area contributed by atoms with E-state index in [0.717, 1.165) is 12.1 Å². The maximum atomic E-state index is 13.0. The topological polar surface area (TPSA) is 71.7 Å². The van der Waals surface area contributed by atoms with Gasteiger partial charge >= 0.3 is 6.18 Å². The maximum absolute atomic E-state index is 13.0. The van der Waals surface area contributed by atoms with E-state index >= 15 is 0 Å². The number of aromatic nitrogens is 2. The zero-order valence-electron chi connectivity index (χ0n) is 17.3. The lowest BCUT2D eigenvalue weighted by Gasteiger charge is -2.36. The number of methoxy groups -OCH3 is 1. The van der Waals surface area contributed by atoms with Crippen molar-refractivity contribution < 1.29 is 27.1 Å². The number of hydrogen-bond donors (Lipinski definition) is 0. The summed E-state index contributed by atoms with van der Waals surface area (Å²) in [6, 6.07) is 12.3. The van der Waals surface area contributed by atoms with Crippen molar-refractivity contribution in [3.05, 3.63) is 60.0 Å². The van der Waals surface area contributed by atoms with Crippen molar-refractivity contribution in [3.8, 4) is 17.2 Å². The number of halogens is 3. The lowest BCUT2D eigenvalue weighted by Crippen LogP contribution is -2.49. The molecule has 0 aliphatic carbocycles. The van der Waals surface area contributed by atoms with Gasteiger partial charge in [-0.3, -0.25) is 4.79 Å². The van der Waals surface area contributed by atoms with E-state index < -0.39 is 11.7 Å². The number of anilines is 1. The van der Waals surface area contributed by atoms with Gasteiger partial charge in [0.2, 0.25) is 17.7 Å². The van der Waals surface area contributed by atoms with Crippen LogP contribution in [0.1, 0.15) is 11.5 Å². The third-order valence-electron chi connectivity index (χ3n) is 5.28. The summed E-state index contributed by atoms with van der Waals surface area (Å²) in [7, 11) is 1.57. The van der Waals surface area contributed by atoms with Crippen molar-refractivity contribution in [1.82, 2.24) is 15.1 Å². The van der Waals surface area contributed by atoms with E-state index in [1.54, 1.807) is 42.3 Å². The molecule has 1 aliphatic rings. The molecule has 1 amide bonds. The van der Waals surface area contributed by atoms with Gasteiger partial charge in [-0.15, -0.1) is 10.2 Å². The molecule has 7 nitrogen and oxygen atoms in total. The molecule has 1 aliphatic heterocycles. The number of piperazine rings is 1. The summed E-state index contributed by atoms with van der Waals surface area (Å²) in [4.78, 5) is 16.1. The van der Waals surface area contributed by atoms with Crippen molar-refractivity contribution in [2.45, 2.75) is 12.6 Å². The Bertz CT molecular complexity index is 1070. The largest absolute Gasteiger partial charge is 0.497 e. The van der Waals surface area contributed by atoms with Gasteiger partial charge < -0.3 is 19.0 Å². The first-order valence-corrected chi connectivity index (χ1v) is 10.0. The predicted molar refractivity (Wildman–Crippen MR) is 110 cm³/mol. The average Bonchev–Trinajstić information content (AvgIpc) is 3.27. The predicted octanol–water partition coefficient (Wildman–Crippen LogP) is 3.66. The first kappa shape index (κ1) is 21.7. The van der Waals surface area contributed by atoms with Crippen molar-refractivity contribution in [2.75, 3.05) is 38.2 Å². The molecule has 32 heavy (non-hydrogen) atoms. The second kappa shape index (κ2) is 8.89. The Kier molecular flexibility index (Phi) is 6.02. The number of ether oxygens (including phenoxy) is 1. The van der Waals surface area contributed by atoms with E-state index in [-0.39, 0.29) is 18.2 Å². The molecule has 4 rings (SSSR count). The molecule has 2 heterocycles. The van der Waals surface area contributed by atoms with Gasteiger partial charge in [-0.25, -0.2) is 0 Å². The van der Waals surface area contributed by atoms with E-state index in [1.807, 2.05) is 4.90 Å². The van der Waals surface area contributed by atoms with Crippen LogP contribution in [-0.2, 0) is 17.4 Å². The maximum Gasteiger partial charge on any atom is 0.416 e. The van der Waals surface area contributed by atoms with Crippen LogP contribution in [0.15, 0.2) is 52.9 Å². The van der Waals surface area contributed by atoms with E-state index in [1.165, 1.54) is 6.07 Å². The van der Waals surface area contributed by atoms with Gasteiger partial charge in [0.15, 0.2) is 0 Å². The fraction of sp³-hybridized carbons (Fsp3) is 0.318. The quantitative estimate of drug-likeness (QED) is 0.596. The Morgan fingerprint density at radius 1 is 1.06 bits per heavy atom. The van der Waals surface area contributed by atoms with Gasteiger partial charge in [0.05, 0.1) is 12.7 Å². The first-order chi connectivity index (χ1) is 15.3. The van der Waals surface area contributed by atoms with E-state index in [9.17, 15) is 18.0 Å². The minimum absolute atomic E-state index is 0.0350. The highest BCUT2D eigenvalue weighted by molar-refractivity contribution is 5.78. The average molecular weight is 446 g/mol. The molecule has 1 fully saturated rings. The SMILES string of the molecule is COc1ccc(-c2nnc(CC(=O)N3CCN(c4cccc(C(F)(F)F)c4)CC3)o2)cc1. The lowest BCUT2D eigenvalue weighted by atomic mass is 10.1. The Labute approximate surface area is 182 Å². The normalized spacial score (nSPS) is 14.5. The van der Waals surface area contributed by atoms with Crippen molar-refractivity contribution >= 4 is 11.6 Å². The summed E-state index contributed by atoms with van der Waals surface area (Å²) in [5.74, 6) is 1.05. The van der Waals surface area contributed by atoms with Crippen LogP contribution in [0.25, 0.3) is 11.5 Å². The molecule has 2 aromatic carbocycles. The zero-order chi connectivity index (χ0) is 22.7. The van der Waals surface area contributed by atoms with Crippen LogP contribution < -0.4 is 9.64 Å². The molecule has 10 heteroatoms. The number of hydrogen-bond acceptors (Lipinski definition) is 6. The fourth-order valence-electron chi connectivity index (χ4n) is 3.51. The zero-order valence-corrected chi connectivity index (χ0v) is 17.3. The van der Waals surface area contributed by atoms with Crippen LogP contribution in [0, 0.1) is 0 Å². The third-order valence-corrected chi connectivity index (χ3v) is 5.28. The summed E-state index contributed by atoms with van der Waals surface area (Å²) in [6.45, 7) is 1.67. The molecule has 3 aromatic rings. The number of carbonyl (C=O) groups excluding carboxylic acids is 1. The number of carbonyl (C=O) groups is 1. The van der Waals surface area contributed by atoms with Crippen LogP contribution in [-0.4, -0.2) is 54.3 Å². The number of alkyl halides is 3. The number of amides is 1. The van der Waals surface area contributed by atoms with Crippen LogP contribution in [0.4, 0.5) is 18.9 Å². The molecule has 0 atom stereocenters. The van der Waals surface area contributed by atoms with Crippen molar-refractivity contribution in [3.63, 3.8) is 0 Å². The molecule has 1 saturated heterocycles. The van der Waals surface area contributed by atoms with Gasteiger partial charge in [-0.2, -0.15) is 13.2 Å². The van der Waals surface area contributed by atoms with Gasteiger partial charge in [0.1, 0.15) is 12.2 Å². The van der Waals surface area contributed by atoms with E-state index in [4.69, 9.17) is 9.15 Å². The summed E-state index contributed by atoms with van der Waals surface area (Å²) in [5.41, 5.74) is 0.525. The minimum atomic E-state index is -4.39. The van der Waals surface area contributed by atoms with Crippen LogP contribution in [0.3, 0.4) is 0 Å². The number of nitrogens with zero attached hydrogens (tertiary/aromatic N) is 4. The highest BCUT2D eigenvalue weighted by Gasteiger charge is 2.31. The molecule has 0 bridgehead atoms. The highest BCUT2D eigenvalue weighted by Crippen LogP contribution is 2.32. The minimum Gasteiger partial charge on any atom is -0.497 e. The summed E-state index contributed by atoms with van der Waals surface area (Å²) < 4.78 is 49.6. The molecule has 0 spiro atoms. The molecular weight excluding hydrogens is 425 g/mol. The van der Waals surface area contributed by atoms with Gasteiger partial charge in [0, 0.05) is 37.4 Å². The number of rotatable bonds is 5. The van der Waals surface area contributed by atoms with Crippen molar-refractivity contribution in [1.29, 1.82) is 0 Å². The van der Waals surface area contributed by atoms with Crippen LogP contribution in [0.2, 0.25) is 0 Å². The summed E-state index contributed by atoms with van der Waals surface area (Å²) in [6.07, 6.45) is -4.42. The Hall–Kier alpha value is -3.56. The lowest BCUT2D eigenvalue weighted by molar-refractivity contribution is -0.137. The molecule has 0 N–H and O–H groups in total. The van der Waals surface area contributed by atoms with Gasteiger partial charge in [-0.05, 0) is 42.5 Å². The molecule has 0 unspecified atom stereocenters. The second-order valence-electron chi connectivity index (χ2n) is 7.32. The van der Waals surface area contributed by atoms with Crippen LogP contribution in [0.5, 0.6) is 5.75 Å². The Morgan fingerprint density at radius 2 is 1.78 bits per heavy atom. The Morgan fingerprint density at radius 3 is 2.44 bits per heavy atom. The van der Waals surface area contributed by atoms with Gasteiger partial charge in [0.25, 0.3) is 0 Å². The van der Waals surface area contributed by atoms with Crippen LogP contribution >= 0.6 is 0 Å².